The van der Waals surface area contributed by atoms with E-state index in [4.69, 9.17) is 4.74 Å². The van der Waals surface area contributed by atoms with Crippen molar-refractivity contribution in [2.45, 2.75) is 120 Å². The molecule has 210 valence electrons. The summed E-state index contributed by atoms with van der Waals surface area (Å²) in [6.07, 6.45) is 14.6. The largest absolute Gasteiger partial charge is 0.366 e. The number of aliphatic hydroxyl groups is 1. The van der Waals surface area contributed by atoms with Gasteiger partial charge in [-0.3, -0.25) is 14.5 Å². The quantitative estimate of drug-likeness (QED) is 0.590. The van der Waals surface area contributed by atoms with Gasteiger partial charge in [-0.25, -0.2) is 4.98 Å². The van der Waals surface area contributed by atoms with Gasteiger partial charge in [0.1, 0.15) is 6.10 Å². The Hall–Kier alpha value is -2.29. The van der Waals surface area contributed by atoms with Gasteiger partial charge in [-0.1, -0.05) is 44.2 Å². The Morgan fingerprint density at radius 3 is 2.15 bits per heavy atom. The zero-order valence-corrected chi connectivity index (χ0v) is 22.9. The Kier molecular flexibility index (Phi) is 6.97. The maximum atomic E-state index is 14.1. The Balaban J connectivity index is 1.15. The van der Waals surface area contributed by atoms with Gasteiger partial charge in [0, 0.05) is 37.3 Å². The van der Waals surface area contributed by atoms with Crippen LogP contribution in [0, 0.1) is 5.92 Å². The van der Waals surface area contributed by atoms with Crippen LogP contribution < -0.4 is 5.56 Å². The van der Waals surface area contributed by atoms with E-state index >= 15 is 0 Å². The van der Waals surface area contributed by atoms with Crippen LogP contribution >= 0.6 is 0 Å². The standard InChI is InChI=1S/C31H42N4O4/c36-29(33-16-14-20(15-17-33)28-31(38)39-28)27-30(37)35(26-11-7-6-10-25(26)32-27)24-18-22-12-13-23(19-24)34(22)21-8-4-2-1-3-5-9-21/h6-7,10-11,20-24,28,31,38H,1-5,8-9,12-19H2/t22-,23+,24?,28?,31?. The van der Waals surface area contributed by atoms with E-state index in [0.29, 0.717) is 31.2 Å². The van der Waals surface area contributed by atoms with Crippen molar-refractivity contribution in [3.8, 4) is 0 Å². The van der Waals surface area contributed by atoms with Crippen LogP contribution in [0.25, 0.3) is 11.0 Å². The number of carbonyl (C=O) groups is 1. The van der Waals surface area contributed by atoms with Crippen LogP contribution in [0.5, 0.6) is 0 Å². The normalized spacial score (nSPS) is 32.7. The second kappa shape index (κ2) is 10.6. The molecule has 1 aromatic heterocycles. The number of piperidine rings is 2. The Morgan fingerprint density at radius 1 is 0.846 bits per heavy atom. The first kappa shape index (κ1) is 25.7. The Morgan fingerprint density at radius 2 is 1.49 bits per heavy atom. The van der Waals surface area contributed by atoms with E-state index in [1.165, 1.54) is 57.8 Å². The molecule has 1 aromatic carbocycles. The number of aliphatic hydroxyl groups excluding tert-OH is 1. The second-order valence-corrected chi connectivity index (χ2v) is 12.7. The zero-order chi connectivity index (χ0) is 26.5. The number of likely N-dealkylation sites (tertiary alicyclic amines) is 1. The van der Waals surface area contributed by atoms with Crippen molar-refractivity contribution >= 4 is 16.9 Å². The molecular weight excluding hydrogens is 492 g/mol. The van der Waals surface area contributed by atoms with Gasteiger partial charge in [-0.05, 0) is 69.4 Å². The first-order chi connectivity index (χ1) is 19.1. The molecule has 0 spiro atoms. The molecular formula is C31H42N4O4. The van der Waals surface area contributed by atoms with E-state index in [1.807, 2.05) is 28.8 Å². The van der Waals surface area contributed by atoms with Crippen molar-refractivity contribution in [3.05, 3.63) is 40.3 Å². The number of amides is 1. The Bertz CT molecular complexity index is 1250. The molecule has 5 heterocycles. The van der Waals surface area contributed by atoms with E-state index in [1.54, 1.807) is 4.90 Å². The molecule has 1 aliphatic carbocycles. The van der Waals surface area contributed by atoms with Gasteiger partial charge in [0.2, 0.25) is 0 Å². The number of aromatic nitrogens is 2. The molecule has 4 saturated heterocycles. The van der Waals surface area contributed by atoms with Crippen LogP contribution in [0.15, 0.2) is 29.1 Å². The van der Waals surface area contributed by atoms with Crippen LogP contribution in [0.4, 0.5) is 0 Å². The van der Waals surface area contributed by atoms with E-state index in [9.17, 15) is 14.7 Å². The third-order valence-corrected chi connectivity index (χ3v) is 10.4. The molecule has 5 aliphatic rings. The minimum atomic E-state index is -0.652. The number of para-hydroxylation sites is 2. The summed E-state index contributed by atoms with van der Waals surface area (Å²) in [5, 5.41) is 9.62. The minimum absolute atomic E-state index is 0.0599. The highest BCUT2D eigenvalue weighted by Crippen LogP contribution is 2.44. The van der Waals surface area contributed by atoms with Crippen molar-refractivity contribution in [3.63, 3.8) is 0 Å². The van der Waals surface area contributed by atoms with Crippen LogP contribution in [0.2, 0.25) is 0 Å². The topological polar surface area (TPSA) is 91.2 Å². The number of rotatable bonds is 4. The lowest BCUT2D eigenvalue weighted by molar-refractivity contribution is 0.0495. The third-order valence-electron chi connectivity index (χ3n) is 10.4. The smallest absolute Gasteiger partial charge is 0.282 e. The SMILES string of the molecule is O=C(c1nc2ccccc2n(C2C[C@H]3CC[C@@H](C2)N3C2CCCCCCC2)c1=O)N1CCC(C2OC2O)CC1. The summed E-state index contributed by atoms with van der Waals surface area (Å²) in [5.41, 5.74) is 1.40. The summed E-state index contributed by atoms with van der Waals surface area (Å²) >= 11 is 0. The van der Waals surface area contributed by atoms with Crippen LogP contribution in [0.1, 0.15) is 100 Å². The Labute approximate surface area is 230 Å². The van der Waals surface area contributed by atoms with Crippen LogP contribution in [-0.4, -0.2) is 74.0 Å². The maximum Gasteiger partial charge on any atom is 0.282 e. The average molecular weight is 535 g/mol. The van der Waals surface area contributed by atoms with Gasteiger partial charge in [-0.2, -0.15) is 0 Å². The lowest BCUT2D eigenvalue weighted by Crippen LogP contribution is -2.50. The highest BCUT2D eigenvalue weighted by atomic mass is 16.7. The molecule has 2 aromatic rings. The van der Waals surface area contributed by atoms with Gasteiger partial charge in [0.05, 0.1) is 11.0 Å². The van der Waals surface area contributed by atoms with Crippen molar-refractivity contribution in [2.75, 3.05) is 13.1 Å². The van der Waals surface area contributed by atoms with Gasteiger partial charge in [0.15, 0.2) is 12.0 Å². The van der Waals surface area contributed by atoms with E-state index in [2.05, 4.69) is 9.88 Å². The molecule has 7 rings (SSSR count). The lowest BCUT2D eigenvalue weighted by Gasteiger charge is -2.45. The fourth-order valence-corrected chi connectivity index (χ4v) is 8.42. The summed E-state index contributed by atoms with van der Waals surface area (Å²) in [5.74, 6) is 0.00825. The summed E-state index contributed by atoms with van der Waals surface area (Å²) in [4.78, 5) is 37.0. The molecule has 1 saturated carbocycles. The fraction of sp³-hybridized carbons (Fsp3) is 0.710. The number of fused-ring (bicyclic) bond motifs is 3. The third kappa shape index (κ3) is 4.82. The maximum absolute atomic E-state index is 14.1. The molecule has 8 heteroatoms. The number of carbonyl (C=O) groups excluding carboxylic acids is 1. The van der Waals surface area contributed by atoms with E-state index < -0.39 is 6.29 Å². The number of benzene rings is 1. The van der Waals surface area contributed by atoms with Crippen molar-refractivity contribution < 1.29 is 14.6 Å². The number of nitrogens with zero attached hydrogens (tertiary/aromatic N) is 4. The molecule has 2 bridgehead atoms. The molecule has 8 nitrogen and oxygen atoms in total. The van der Waals surface area contributed by atoms with Crippen LogP contribution in [0.3, 0.4) is 0 Å². The number of epoxide rings is 1. The molecule has 1 N–H and O–H groups in total. The lowest BCUT2D eigenvalue weighted by atomic mass is 9.89. The predicted molar refractivity (Wildman–Crippen MR) is 149 cm³/mol. The van der Waals surface area contributed by atoms with Gasteiger partial charge >= 0.3 is 0 Å². The molecule has 1 amide bonds. The first-order valence-corrected chi connectivity index (χ1v) is 15.5. The molecule has 39 heavy (non-hydrogen) atoms. The monoisotopic (exact) mass is 534 g/mol. The van der Waals surface area contributed by atoms with E-state index in [0.717, 1.165) is 36.7 Å². The van der Waals surface area contributed by atoms with Gasteiger partial charge in [-0.15, -0.1) is 0 Å². The highest BCUT2D eigenvalue weighted by Gasteiger charge is 2.46. The highest BCUT2D eigenvalue weighted by molar-refractivity contribution is 5.94. The summed E-state index contributed by atoms with van der Waals surface area (Å²) in [7, 11) is 0. The minimum Gasteiger partial charge on any atom is -0.366 e. The van der Waals surface area contributed by atoms with Crippen LogP contribution in [-0.2, 0) is 4.74 Å². The molecule has 0 radical (unpaired) electrons. The summed E-state index contributed by atoms with van der Waals surface area (Å²) in [6, 6.07) is 9.66. The predicted octanol–water partition coefficient (Wildman–Crippen LogP) is 4.25. The molecule has 5 fully saturated rings. The molecule has 4 aliphatic heterocycles. The van der Waals surface area contributed by atoms with Crippen molar-refractivity contribution in [1.82, 2.24) is 19.4 Å². The summed E-state index contributed by atoms with van der Waals surface area (Å²) < 4.78 is 7.19. The van der Waals surface area contributed by atoms with E-state index in [-0.39, 0.29) is 35.2 Å². The van der Waals surface area contributed by atoms with Gasteiger partial charge in [0.25, 0.3) is 11.5 Å². The average Bonchev–Trinajstić information content (AvgIpc) is 3.61. The second-order valence-electron chi connectivity index (χ2n) is 12.7. The number of hydrogen-bond acceptors (Lipinski definition) is 6. The van der Waals surface area contributed by atoms with Gasteiger partial charge < -0.3 is 19.3 Å². The number of ether oxygens (including phenoxy) is 1. The molecule has 3 unspecified atom stereocenters. The summed E-state index contributed by atoms with van der Waals surface area (Å²) in [6.45, 7) is 1.13. The zero-order valence-electron chi connectivity index (χ0n) is 22.9. The van der Waals surface area contributed by atoms with Crippen molar-refractivity contribution in [1.29, 1.82) is 0 Å². The van der Waals surface area contributed by atoms with Crippen molar-refractivity contribution in [2.24, 2.45) is 5.92 Å². The first-order valence-electron chi connectivity index (χ1n) is 15.5. The molecule has 5 atom stereocenters. The number of hydrogen-bond donors (Lipinski definition) is 1. The fourth-order valence-electron chi connectivity index (χ4n) is 8.42.